The fourth-order valence-corrected chi connectivity index (χ4v) is 4.81. The zero-order chi connectivity index (χ0) is 41.0. The number of carbonyl (C=O) groups is 4. The van der Waals surface area contributed by atoms with Gasteiger partial charge in [0, 0.05) is 52.6 Å². The molecule has 4 rings (SSSR count). The van der Waals surface area contributed by atoms with E-state index in [0.717, 1.165) is 33.1 Å². The summed E-state index contributed by atoms with van der Waals surface area (Å²) in [5.74, 6) is 0. The predicted molar refractivity (Wildman–Crippen MR) is 219 cm³/mol. The van der Waals surface area contributed by atoms with Gasteiger partial charge in [-0.3, -0.25) is 0 Å². The first-order valence-corrected chi connectivity index (χ1v) is 17.9. The summed E-state index contributed by atoms with van der Waals surface area (Å²) < 4.78 is 30.7. The number of ether oxygens (including phenoxy) is 4. The average molecular weight is 801 g/mol. The second kappa shape index (κ2) is 24.1. The van der Waals surface area contributed by atoms with Crippen LogP contribution in [0, 0.1) is 0 Å². The number of hydrogen-bond donors (Lipinski definition) is 4. The Morgan fingerprint density at radius 2 is 1.16 bits per heavy atom. The van der Waals surface area contributed by atoms with Gasteiger partial charge in [-0.1, -0.05) is 69.1 Å². The third-order valence-corrected chi connectivity index (χ3v) is 7.03. The number of hydrogen-bond acceptors (Lipinski definition) is 11. The minimum atomic E-state index is -0.792. The third-order valence-electron chi connectivity index (χ3n) is 6.92. The number of fused-ring (bicyclic) bond motifs is 2. The Labute approximate surface area is 334 Å². The molecule has 15 heteroatoms. The lowest BCUT2D eigenvalue weighted by molar-refractivity contribution is 0.0492. The summed E-state index contributed by atoms with van der Waals surface area (Å²) in [5, 5.41) is 10.2. The van der Waals surface area contributed by atoms with Gasteiger partial charge >= 0.3 is 23.7 Å². The van der Waals surface area contributed by atoms with Crippen LogP contribution in [0.1, 0.15) is 60.1 Å². The quantitative estimate of drug-likeness (QED) is 0.0574. The molecule has 0 bridgehead atoms. The van der Waals surface area contributed by atoms with E-state index in [0.29, 0.717) is 19.4 Å². The van der Waals surface area contributed by atoms with Crippen molar-refractivity contribution in [3.05, 3.63) is 97.5 Å². The maximum Gasteiger partial charge on any atom is 0.407 e. The van der Waals surface area contributed by atoms with E-state index in [4.69, 9.17) is 40.4 Å². The fourth-order valence-electron chi connectivity index (χ4n) is 4.75. The molecule has 0 unspecified atom stereocenters. The van der Waals surface area contributed by atoms with Crippen molar-refractivity contribution in [2.45, 2.75) is 85.1 Å². The van der Waals surface area contributed by atoms with Crippen LogP contribution in [0.5, 0.6) is 0 Å². The Balaban J connectivity index is 0.000000481. The van der Waals surface area contributed by atoms with E-state index in [1.807, 2.05) is 69.3 Å². The van der Waals surface area contributed by atoms with Crippen molar-refractivity contribution < 1.29 is 47.0 Å². The van der Waals surface area contributed by atoms with Crippen LogP contribution in [-0.4, -0.2) is 73.3 Å². The molecule has 2 atom stereocenters. The van der Waals surface area contributed by atoms with Crippen molar-refractivity contribution in [1.82, 2.24) is 16.0 Å². The largest absolute Gasteiger partial charge is 0.464 e. The first kappa shape index (κ1) is 48.5. The van der Waals surface area contributed by atoms with Crippen molar-refractivity contribution >= 4 is 57.2 Å². The molecule has 14 nitrogen and oxygen atoms in total. The van der Waals surface area contributed by atoms with Crippen LogP contribution >= 0.6 is 11.6 Å². The standard InChI is InChI=1S/C20H26N2O5.C16H22N2O3.C4H5ClO2.CH4/c1-5-10-25-18(23)21-12-15(22-19(24)27-20(2,3)4)11-14-13-26-17-9-7-6-8-16(14)17;1-16(2,3)21-15(19)18-12(9-17)8-11-10-20-14-7-5-4-6-13(11)14;1-2-3-7-4(5)6;/h5-9,13,15H,1,10-12H2,2-4H3,(H,21,23)(H,22,24);4-7,10,12H,8-9,17H2,1-3H3,(H,18,19);2H,1,3H2;1H4/t15-;12-;;/m11../s1. The van der Waals surface area contributed by atoms with Crippen LogP contribution in [0.25, 0.3) is 21.9 Å². The molecular weight excluding hydrogens is 744 g/mol. The van der Waals surface area contributed by atoms with Gasteiger partial charge in [0.2, 0.25) is 0 Å². The second-order valence-corrected chi connectivity index (χ2v) is 14.3. The second-order valence-electron chi connectivity index (χ2n) is 13.9. The molecule has 0 spiro atoms. The lowest BCUT2D eigenvalue weighted by Gasteiger charge is -2.23. The molecule has 2 aromatic carbocycles. The Bertz CT molecular complexity index is 1840. The molecule has 3 amide bonds. The molecule has 0 aliphatic carbocycles. The van der Waals surface area contributed by atoms with E-state index in [2.05, 4.69) is 33.8 Å². The van der Waals surface area contributed by atoms with Crippen LogP contribution in [0.2, 0.25) is 0 Å². The molecule has 0 saturated heterocycles. The summed E-state index contributed by atoms with van der Waals surface area (Å²) in [6, 6.07) is 14.8. The highest BCUT2D eigenvalue weighted by Crippen LogP contribution is 2.23. The number of amides is 3. The normalized spacial score (nSPS) is 11.8. The zero-order valence-corrected chi connectivity index (χ0v) is 33.0. The van der Waals surface area contributed by atoms with E-state index < -0.39 is 41.0 Å². The zero-order valence-electron chi connectivity index (χ0n) is 32.3. The van der Waals surface area contributed by atoms with Crippen molar-refractivity contribution in [2.24, 2.45) is 5.73 Å². The maximum absolute atomic E-state index is 12.2. The number of nitrogens with one attached hydrogen (secondary N) is 3. The molecule has 0 aliphatic heterocycles. The number of carbonyl (C=O) groups excluding carboxylic acids is 4. The topological polar surface area (TPSA) is 194 Å². The molecule has 2 aromatic heterocycles. The number of alkyl carbamates (subject to hydrolysis) is 3. The molecule has 2 heterocycles. The van der Waals surface area contributed by atoms with Gasteiger partial charge in [-0.25, -0.2) is 19.2 Å². The number of furan rings is 2. The lowest BCUT2D eigenvalue weighted by atomic mass is 10.1. The van der Waals surface area contributed by atoms with E-state index >= 15 is 0 Å². The number of nitrogens with two attached hydrogens (primary N) is 1. The van der Waals surface area contributed by atoms with Crippen molar-refractivity contribution in [2.75, 3.05) is 26.3 Å². The van der Waals surface area contributed by atoms with Gasteiger partial charge in [0.25, 0.3) is 0 Å². The molecule has 56 heavy (non-hydrogen) atoms. The Morgan fingerprint density at radius 3 is 1.57 bits per heavy atom. The van der Waals surface area contributed by atoms with E-state index in [1.165, 1.54) is 12.2 Å². The fraction of sp³-hybridized carbons (Fsp3) is 0.415. The lowest BCUT2D eigenvalue weighted by Crippen LogP contribution is -2.46. The summed E-state index contributed by atoms with van der Waals surface area (Å²) in [5.41, 5.74) is 7.36. The summed E-state index contributed by atoms with van der Waals surface area (Å²) in [4.78, 5) is 45.4. The minimum absolute atomic E-state index is 0. The Morgan fingerprint density at radius 1 is 0.732 bits per heavy atom. The van der Waals surface area contributed by atoms with Gasteiger partial charge < -0.3 is 49.5 Å². The van der Waals surface area contributed by atoms with Gasteiger partial charge in [0.1, 0.15) is 35.6 Å². The summed E-state index contributed by atoms with van der Waals surface area (Å²) in [7, 11) is 0. The number of benzene rings is 2. The third kappa shape index (κ3) is 19.2. The summed E-state index contributed by atoms with van der Waals surface area (Å²) >= 11 is 4.75. The minimum Gasteiger partial charge on any atom is -0.464 e. The van der Waals surface area contributed by atoms with Gasteiger partial charge in [0.15, 0.2) is 0 Å². The predicted octanol–water partition coefficient (Wildman–Crippen LogP) is 8.79. The number of para-hydroxylation sites is 2. The smallest absolute Gasteiger partial charge is 0.407 e. The molecule has 0 aliphatic rings. The highest BCUT2D eigenvalue weighted by atomic mass is 35.5. The molecular formula is C41H57ClN4O10. The summed E-state index contributed by atoms with van der Waals surface area (Å²) in [6.07, 6.45) is 5.77. The SMILES string of the molecule is C.C=CCOC(=O)Cl.C=CCOC(=O)NC[C@@H](Cc1coc2ccccc12)NC(=O)OC(C)(C)C.CC(C)(C)OC(=O)N[C@@H](CN)Cc1coc2ccccc12. The first-order valence-electron chi connectivity index (χ1n) is 17.5. The number of rotatable bonds is 13. The van der Waals surface area contributed by atoms with Gasteiger partial charge in [0.05, 0.1) is 18.6 Å². The van der Waals surface area contributed by atoms with Crippen molar-refractivity contribution in [3.8, 4) is 0 Å². The van der Waals surface area contributed by atoms with Crippen LogP contribution < -0.4 is 21.7 Å². The molecule has 4 aromatic rings. The number of halogens is 1. The average Bonchev–Trinajstić information content (AvgIpc) is 3.71. The van der Waals surface area contributed by atoms with E-state index in [1.54, 1.807) is 33.3 Å². The molecule has 308 valence electrons. The molecule has 0 saturated carbocycles. The van der Waals surface area contributed by atoms with E-state index in [9.17, 15) is 19.2 Å². The Hall–Kier alpha value is -5.47. The monoisotopic (exact) mass is 800 g/mol. The molecule has 0 radical (unpaired) electrons. The molecule has 0 fully saturated rings. The van der Waals surface area contributed by atoms with Crippen LogP contribution in [0.4, 0.5) is 19.2 Å². The highest BCUT2D eigenvalue weighted by molar-refractivity contribution is 6.61. The van der Waals surface area contributed by atoms with Crippen molar-refractivity contribution in [3.63, 3.8) is 0 Å². The van der Waals surface area contributed by atoms with Gasteiger partial charge in [-0.2, -0.15) is 0 Å². The maximum atomic E-state index is 12.2. The van der Waals surface area contributed by atoms with Crippen LogP contribution in [-0.2, 0) is 31.8 Å². The van der Waals surface area contributed by atoms with Crippen LogP contribution in [0.3, 0.4) is 0 Å². The van der Waals surface area contributed by atoms with Gasteiger partial charge in [-0.15, -0.1) is 0 Å². The first-order chi connectivity index (χ1) is 25.9. The van der Waals surface area contributed by atoms with Gasteiger partial charge in [-0.05, 0) is 66.5 Å². The van der Waals surface area contributed by atoms with Crippen molar-refractivity contribution in [1.29, 1.82) is 0 Å². The summed E-state index contributed by atoms with van der Waals surface area (Å²) in [6.45, 7) is 18.4. The Kier molecular flexibility index (Phi) is 20.9. The highest BCUT2D eigenvalue weighted by Gasteiger charge is 2.22. The molecule has 5 N–H and O–H groups in total. The van der Waals surface area contributed by atoms with Crippen LogP contribution in [0.15, 0.2) is 95.2 Å². The van der Waals surface area contributed by atoms with E-state index in [-0.39, 0.29) is 33.2 Å².